The fourth-order valence-corrected chi connectivity index (χ4v) is 12.6. The van der Waals surface area contributed by atoms with Crippen molar-refractivity contribution >= 4 is 17.3 Å². The predicted octanol–water partition coefficient (Wildman–Crippen LogP) is 15.9. The average molecular weight is 865 g/mol. The van der Waals surface area contributed by atoms with Crippen molar-refractivity contribution in [2.24, 2.45) is 0 Å². The summed E-state index contributed by atoms with van der Waals surface area (Å²) in [6.45, 7) is 18.7. The maximum absolute atomic E-state index is 5.62. The monoisotopic (exact) mass is 864 g/mol. The number of hydrogen-bond donors (Lipinski definition) is 0. The van der Waals surface area contributed by atoms with Crippen LogP contribution in [0.3, 0.4) is 0 Å². The quantitative estimate of drug-likeness (QED) is 0.173. The lowest BCUT2D eigenvalue weighted by molar-refractivity contribution is 0.660. The first-order valence-corrected chi connectivity index (χ1v) is 23.8. The first-order chi connectivity index (χ1) is 32.2. The molecule has 0 N–H and O–H groups in total. The SMILES string of the molecule is CC1(C)c2ccccc2-c2cc(-c3nc(-c4ccc5c(c4)C(C)(C)c4ccccc4-5)nc(N(c4ccc5c(c4)-c4ccccc4C5(C)C)c4cccc5c4-c4ccccc4C5(C)C)n3)ccc21. The molecule has 0 aliphatic heterocycles. The number of rotatable bonds is 5. The molecule has 0 atom stereocenters. The van der Waals surface area contributed by atoms with Gasteiger partial charge in [0.15, 0.2) is 11.6 Å². The van der Waals surface area contributed by atoms with Gasteiger partial charge in [-0.3, -0.25) is 4.90 Å². The number of aromatic nitrogens is 3. The second-order valence-electron chi connectivity index (χ2n) is 21.3. The average Bonchev–Trinajstić information content (AvgIpc) is 3.92. The lowest BCUT2D eigenvalue weighted by atomic mass is 9.82. The minimum Gasteiger partial charge on any atom is -0.278 e. The maximum atomic E-state index is 5.62. The van der Waals surface area contributed by atoms with Crippen LogP contribution in [0.4, 0.5) is 17.3 Å². The van der Waals surface area contributed by atoms with E-state index in [1.807, 2.05) is 0 Å². The molecule has 0 unspecified atom stereocenters. The number of fused-ring (bicyclic) bond motifs is 12. The molecule has 4 aliphatic rings. The lowest BCUT2D eigenvalue weighted by Crippen LogP contribution is -2.18. The molecule has 1 aromatic heterocycles. The van der Waals surface area contributed by atoms with E-state index in [4.69, 9.17) is 15.0 Å². The molecular weight excluding hydrogens is 813 g/mol. The summed E-state index contributed by atoms with van der Waals surface area (Å²) in [5, 5.41) is 0. The van der Waals surface area contributed by atoms with Gasteiger partial charge >= 0.3 is 0 Å². The van der Waals surface area contributed by atoms with Crippen molar-refractivity contribution in [3.63, 3.8) is 0 Å². The molecule has 1 heterocycles. The summed E-state index contributed by atoms with van der Waals surface area (Å²) in [6.07, 6.45) is 0. The first kappa shape index (κ1) is 39.9. The molecule has 13 rings (SSSR count). The van der Waals surface area contributed by atoms with Gasteiger partial charge in [-0.15, -0.1) is 0 Å². The second kappa shape index (κ2) is 13.6. The van der Waals surface area contributed by atoms with E-state index in [0.717, 1.165) is 22.5 Å². The van der Waals surface area contributed by atoms with E-state index in [1.165, 1.54) is 89.0 Å². The third kappa shape index (κ3) is 5.44. The van der Waals surface area contributed by atoms with Crippen molar-refractivity contribution < 1.29 is 0 Å². The van der Waals surface area contributed by atoms with Crippen LogP contribution in [0.15, 0.2) is 170 Å². The van der Waals surface area contributed by atoms with Crippen LogP contribution in [0.1, 0.15) is 99.9 Å². The number of nitrogens with zero attached hydrogens (tertiary/aromatic N) is 4. The molecule has 0 fully saturated rings. The van der Waals surface area contributed by atoms with Crippen molar-refractivity contribution in [2.45, 2.75) is 77.0 Å². The molecule has 8 aromatic carbocycles. The normalized spacial score (nSPS) is 16.2. The highest BCUT2D eigenvalue weighted by molar-refractivity contribution is 5.96. The second-order valence-corrected chi connectivity index (χ2v) is 21.3. The Bertz CT molecular complexity index is 3610. The van der Waals surface area contributed by atoms with Crippen LogP contribution >= 0.6 is 0 Å². The van der Waals surface area contributed by atoms with Crippen LogP contribution in [-0.2, 0) is 21.7 Å². The highest BCUT2D eigenvalue weighted by Gasteiger charge is 2.41. The van der Waals surface area contributed by atoms with Gasteiger partial charge in [0, 0.05) is 44.0 Å². The molecule has 0 spiro atoms. The third-order valence-corrected chi connectivity index (χ3v) is 16.2. The molecule has 67 heavy (non-hydrogen) atoms. The van der Waals surface area contributed by atoms with Gasteiger partial charge < -0.3 is 0 Å². The highest BCUT2D eigenvalue weighted by atomic mass is 15.3. The van der Waals surface area contributed by atoms with Gasteiger partial charge in [0.2, 0.25) is 5.95 Å². The van der Waals surface area contributed by atoms with E-state index in [1.54, 1.807) is 0 Å². The number of hydrogen-bond acceptors (Lipinski definition) is 4. The van der Waals surface area contributed by atoms with E-state index in [-0.39, 0.29) is 21.7 Å². The molecule has 4 nitrogen and oxygen atoms in total. The van der Waals surface area contributed by atoms with Crippen LogP contribution in [0.2, 0.25) is 0 Å². The van der Waals surface area contributed by atoms with Crippen LogP contribution in [-0.4, -0.2) is 15.0 Å². The Kier molecular flexibility index (Phi) is 8.08. The molecule has 0 saturated carbocycles. The first-order valence-electron chi connectivity index (χ1n) is 23.8. The van der Waals surface area contributed by atoms with E-state index in [0.29, 0.717) is 17.6 Å². The van der Waals surface area contributed by atoms with Crippen LogP contribution in [0.25, 0.3) is 67.3 Å². The molecule has 4 aliphatic carbocycles. The molecule has 0 radical (unpaired) electrons. The van der Waals surface area contributed by atoms with Gasteiger partial charge in [0.05, 0.1) is 5.69 Å². The van der Waals surface area contributed by atoms with Gasteiger partial charge in [0.1, 0.15) is 0 Å². The molecule has 0 saturated heterocycles. The lowest BCUT2D eigenvalue weighted by Gasteiger charge is -2.28. The summed E-state index contributed by atoms with van der Waals surface area (Å²) in [5.74, 6) is 1.85. The van der Waals surface area contributed by atoms with Crippen LogP contribution in [0.5, 0.6) is 0 Å². The topological polar surface area (TPSA) is 41.9 Å². The third-order valence-electron chi connectivity index (χ3n) is 16.2. The van der Waals surface area contributed by atoms with Crippen molar-refractivity contribution in [1.29, 1.82) is 0 Å². The molecule has 324 valence electrons. The Morgan fingerprint density at radius 1 is 0.313 bits per heavy atom. The highest BCUT2D eigenvalue weighted by Crippen LogP contribution is 2.56. The Balaban J connectivity index is 1.09. The van der Waals surface area contributed by atoms with Crippen molar-refractivity contribution in [2.75, 3.05) is 4.90 Å². The number of benzene rings is 8. The van der Waals surface area contributed by atoms with Crippen LogP contribution < -0.4 is 4.90 Å². The zero-order valence-electron chi connectivity index (χ0n) is 39.5. The van der Waals surface area contributed by atoms with Crippen LogP contribution in [0, 0.1) is 0 Å². The summed E-state index contributed by atoms with van der Waals surface area (Å²) in [5.41, 5.74) is 23.9. The fourth-order valence-electron chi connectivity index (χ4n) is 12.6. The smallest absolute Gasteiger partial charge is 0.238 e. The Morgan fingerprint density at radius 2 is 0.731 bits per heavy atom. The van der Waals surface area contributed by atoms with E-state index in [2.05, 4.69) is 230 Å². The largest absolute Gasteiger partial charge is 0.278 e. The summed E-state index contributed by atoms with van der Waals surface area (Å²) in [4.78, 5) is 19.0. The summed E-state index contributed by atoms with van der Waals surface area (Å²) >= 11 is 0. The molecule has 9 aromatic rings. The van der Waals surface area contributed by atoms with Gasteiger partial charge in [-0.25, -0.2) is 4.98 Å². The Morgan fingerprint density at radius 3 is 1.34 bits per heavy atom. The molecule has 0 amide bonds. The number of anilines is 3. The van der Waals surface area contributed by atoms with Crippen molar-refractivity contribution in [1.82, 2.24) is 15.0 Å². The maximum Gasteiger partial charge on any atom is 0.238 e. The standard InChI is InChI=1S/C63H52N4/c1-60(2)48-23-14-10-19-41(48)45-34-37(29-32-51(45)60)57-64-58(38-28-31-43-40-18-9-13-22-47(40)63(7,8)54(43)35-38)66-59(65-57)67(39-30-33-52-46(36-39)42-20-11-15-24-49(42)61(52,3)4)55-27-17-26-53-56(55)44-21-12-16-25-50(44)62(53,5)6/h9-36H,1-8H3. The van der Waals surface area contributed by atoms with E-state index in [9.17, 15) is 0 Å². The van der Waals surface area contributed by atoms with Gasteiger partial charge in [-0.1, -0.05) is 195 Å². The van der Waals surface area contributed by atoms with Gasteiger partial charge in [-0.2, -0.15) is 9.97 Å². The van der Waals surface area contributed by atoms with E-state index >= 15 is 0 Å². The summed E-state index contributed by atoms with van der Waals surface area (Å²) in [7, 11) is 0. The van der Waals surface area contributed by atoms with E-state index < -0.39 is 0 Å². The fraction of sp³-hybridized carbons (Fsp3) is 0.190. The molecular formula is C63H52N4. The zero-order chi connectivity index (χ0) is 45.8. The minimum absolute atomic E-state index is 0.121. The summed E-state index contributed by atoms with van der Waals surface area (Å²) < 4.78 is 0. The Hall–Kier alpha value is -7.43. The molecule has 0 bridgehead atoms. The summed E-state index contributed by atoms with van der Waals surface area (Å²) in [6, 6.07) is 62.8. The van der Waals surface area contributed by atoms with Crippen molar-refractivity contribution in [3.05, 3.63) is 214 Å². The van der Waals surface area contributed by atoms with Gasteiger partial charge in [0.25, 0.3) is 0 Å². The van der Waals surface area contributed by atoms with Crippen molar-refractivity contribution in [3.8, 4) is 67.3 Å². The Labute approximate surface area is 394 Å². The predicted molar refractivity (Wildman–Crippen MR) is 276 cm³/mol. The zero-order valence-corrected chi connectivity index (χ0v) is 39.5. The van der Waals surface area contributed by atoms with Gasteiger partial charge in [-0.05, 0) is 114 Å². The minimum atomic E-state index is -0.201. The molecule has 4 heteroatoms.